The third-order valence-electron chi connectivity index (χ3n) is 5.83. The number of aromatic nitrogens is 1. The van der Waals surface area contributed by atoms with Crippen molar-refractivity contribution in [1.29, 1.82) is 0 Å². The van der Waals surface area contributed by atoms with Gasteiger partial charge in [-0.05, 0) is 49.7 Å². The number of nitrogens with one attached hydrogen (secondary N) is 2. The third kappa shape index (κ3) is 5.34. The van der Waals surface area contributed by atoms with E-state index in [2.05, 4.69) is 15.6 Å². The van der Waals surface area contributed by atoms with Crippen LogP contribution in [0.3, 0.4) is 0 Å². The molecule has 2 heterocycles. The van der Waals surface area contributed by atoms with Crippen molar-refractivity contribution in [3.8, 4) is 0 Å². The largest absolute Gasteiger partial charge is 0.352 e. The average molecular weight is 529 g/mol. The summed E-state index contributed by atoms with van der Waals surface area (Å²) in [5, 5.41) is 7.15. The van der Waals surface area contributed by atoms with Gasteiger partial charge >= 0.3 is 0 Å². The molecule has 0 radical (unpaired) electrons. The molecule has 3 amide bonds. The fourth-order valence-electron chi connectivity index (χ4n) is 4.19. The lowest BCUT2D eigenvalue weighted by Gasteiger charge is -2.33. The molecule has 1 aliphatic heterocycles. The molecule has 36 heavy (non-hydrogen) atoms. The Labute approximate surface area is 213 Å². The zero-order valence-corrected chi connectivity index (χ0v) is 21.5. The van der Waals surface area contributed by atoms with Crippen LogP contribution in [0, 0.1) is 0 Å². The van der Waals surface area contributed by atoms with Gasteiger partial charge in [0.25, 0.3) is 5.91 Å². The topological polar surface area (TPSA) is 126 Å². The van der Waals surface area contributed by atoms with Crippen molar-refractivity contribution in [3.63, 3.8) is 0 Å². The van der Waals surface area contributed by atoms with E-state index in [0.29, 0.717) is 32.6 Å². The second-order valence-electron chi connectivity index (χ2n) is 9.02. The molecule has 9 nitrogen and oxygen atoms in total. The smallest absolute Gasteiger partial charge is 0.254 e. The second-order valence-corrected chi connectivity index (χ2v) is 11.5. The van der Waals surface area contributed by atoms with Crippen LogP contribution in [0.25, 0.3) is 10.8 Å². The van der Waals surface area contributed by atoms with Crippen LogP contribution >= 0.6 is 11.6 Å². The summed E-state index contributed by atoms with van der Waals surface area (Å²) in [4.78, 5) is 44.6. The molecular formula is C25H25ClN4O5S. The molecule has 4 rings (SSSR count). The van der Waals surface area contributed by atoms with Crippen molar-refractivity contribution < 1.29 is 22.8 Å². The van der Waals surface area contributed by atoms with Gasteiger partial charge in [0.1, 0.15) is 0 Å². The monoisotopic (exact) mass is 528 g/mol. The van der Waals surface area contributed by atoms with Crippen LogP contribution in [0.15, 0.2) is 53.7 Å². The van der Waals surface area contributed by atoms with Crippen molar-refractivity contribution in [1.82, 2.24) is 15.2 Å². The summed E-state index contributed by atoms with van der Waals surface area (Å²) in [6.07, 6.45) is 4.11. The first-order valence-electron chi connectivity index (χ1n) is 11.2. The van der Waals surface area contributed by atoms with Crippen LogP contribution in [0.4, 0.5) is 5.69 Å². The van der Waals surface area contributed by atoms with E-state index in [0.717, 1.165) is 6.26 Å². The third-order valence-corrected chi connectivity index (χ3v) is 7.17. The molecule has 0 aliphatic carbocycles. The Kier molecular flexibility index (Phi) is 7.01. The Morgan fingerprint density at radius 3 is 2.61 bits per heavy atom. The molecule has 2 aromatic carbocycles. The lowest BCUT2D eigenvalue weighted by molar-refractivity contribution is -0.123. The van der Waals surface area contributed by atoms with Gasteiger partial charge in [-0.1, -0.05) is 17.7 Å². The minimum Gasteiger partial charge on any atom is -0.352 e. The molecule has 0 bridgehead atoms. The summed E-state index contributed by atoms with van der Waals surface area (Å²) in [5.41, 5.74) is 1.16. The van der Waals surface area contributed by atoms with Gasteiger partial charge in [0, 0.05) is 46.4 Å². The van der Waals surface area contributed by atoms with Gasteiger partial charge in [0.05, 0.1) is 29.2 Å². The standard InChI is InChI=1S/C25H25ClN4O5S/c1-14(2)28-23(31)13-30-12-21(20-9-16(26)4-6-19(20)25(30)33)24(32)29-22-11-27-10-15-8-17(36(3,34)35)5-7-18(15)22/h4-11,14,21H,12-13H2,1-3H3,(H,28,31)(H,29,32). The van der Waals surface area contributed by atoms with E-state index >= 15 is 0 Å². The lowest BCUT2D eigenvalue weighted by Crippen LogP contribution is -2.48. The zero-order valence-electron chi connectivity index (χ0n) is 19.9. The molecule has 0 fully saturated rings. The Balaban J connectivity index is 1.67. The summed E-state index contributed by atoms with van der Waals surface area (Å²) < 4.78 is 23.8. The number of amides is 3. The Hall–Kier alpha value is -3.50. The van der Waals surface area contributed by atoms with E-state index in [4.69, 9.17) is 11.6 Å². The van der Waals surface area contributed by atoms with Gasteiger partial charge in [-0.15, -0.1) is 0 Å². The molecule has 1 aliphatic rings. The molecule has 0 spiro atoms. The molecular weight excluding hydrogens is 504 g/mol. The van der Waals surface area contributed by atoms with Gasteiger partial charge in [0.2, 0.25) is 11.8 Å². The van der Waals surface area contributed by atoms with Crippen LogP contribution in [0.5, 0.6) is 0 Å². The first-order chi connectivity index (χ1) is 16.9. The van der Waals surface area contributed by atoms with E-state index in [-0.39, 0.29) is 35.8 Å². The first-order valence-corrected chi connectivity index (χ1v) is 13.5. The maximum Gasteiger partial charge on any atom is 0.254 e. The van der Waals surface area contributed by atoms with Crippen LogP contribution in [0.1, 0.15) is 35.7 Å². The highest BCUT2D eigenvalue weighted by molar-refractivity contribution is 7.90. The highest BCUT2D eigenvalue weighted by Gasteiger charge is 2.36. The number of carbonyl (C=O) groups excluding carboxylic acids is 3. The number of fused-ring (bicyclic) bond motifs is 2. The number of halogens is 1. The van der Waals surface area contributed by atoms with Crippen molar-refractivity contribution in [3.05, 3.63) is 64.9 Å². The van der Waals surface area contributed by atoms with Gasteiger partial charge in [-0.25, -0.2) is 8.42 Å². The average Bonchev–Trinajstić information content (AvgIpc) is 2.79. The summed E-state index contributed by atoms with van der Waals surface area (Å²) in [7, 11) is -3.41. The molecule has 0 saturated heterocycles. The van der Waals surface area contributed by atoms with Crippen molar-refractivity contribution in [2.24, 2.45) is 0 Å². The zero-order chi connectivity index (χ0) is 26.2. The number of hydrogen-bond acceptors (Lipinski definition) is 6. The van der Waals surface area contributed by atoms with Crippen LogP contribution in [-0.2, 0) is 19.4 Å². The minimum absolute atomic E-state index is 0.0139. The van der Waals surface area contributed by atoms with E-state index in [1.54, 1.807) is 24.3 Å². The maximum absolute atomic E-state index is 13.5. The number of pyridine rings is 1. The van der Waals surface area contributed by atoms with Gasteiger partial charge in [-0.2, -0.15) is 0 Å². The van der Waals surface area contributed by atoms with Crippen LogP contribution in [-0.4, -0.2) is 61.4 Å². The van der Waals surface area contributed by atoms with E-state index in [1.165, 1.54) is 29.4 Å². The number of benzene rings is 2. The van der Waals surface area contributed by atoms with Crippen molar-refractivity contribution in [2.75, 3.05) is 24.7 Å². The summed E-state index contributed by atoms with van der Waals surface area (Å²) in [5.74, 6) is -1.89. The molecule has 11 heteroatoms. The summed E-state index contributed by atoms with van der Waals surface area (Å²) >= 11 is 6.18. The van der Waals surface area contributed by atoms with Crippen molar-refractivity contribution in [2.45, 2.75) is 30.7 Å². The summed E-state index contributed by atoms with van der Waals surface area (Å²) in [6.45, 7) is 3.44. The molecule has 188 valence electrons. The fourth-order valence-corrected chi connectivity index (χ4v) is 5.03. The van der Waals surface area contributed by atoms with E-state index in [1.807, 2.05) is 13.8 Å². The minimum atomic E-state index is -3.41. The Bertz CT molecular complexity index is 1490. The van der Waals surface area contributed by atoms with Gasteiger partial charge in [0.15, 0.2) is 9.84 Å². The van der Waals surface area contributed by atoms with Crippen LogP contribution < -0.4 is 10.6 Å². The fraction of sp³-hybridized carbons (Fsp3) is 0.280. The number of rotatable bonds is 6. The predicted octanol–water partition coefficient (Wildman–Crippen LogP) is 2.99. The predicted molar refractivity (Wildman–Crippen MR) is 137 cm³/mol. The molecule has 3 aromatic rings. The molecule has 0 saturated carbocycles. The van der Waals surface area contributed by atoms with Crippen LogP contribution in [0.2, 0.25) is 5.02 Å². The molecule has 1 unspecified atom stereocenters. The quantitative estimate of drug-likeness (QED) is 0.506. The molecule has 1 aromatic heterocycles. The van der Waals surface area contributed by atoms with Gasteiger partial charge in [-0.3, -0.25) is 19.4 Å². The Morgan fingerprint density at radius 1 is 1.17 bits per heavy atom. The maximum atomic E-state index is 13.5. The first kappa shape index (κ1) is 25.6. The van der Waals surface area contributed by atoms with E-state index < -0.39 is 21.7 Å². The number of sulfone groups is 1. The van der Waals surface area contributed by atoms with E-state index in [9.17, 15) is 22.8 Å². The highest BCUT2D eigenvalue weighted by Crippen LogP contribution is 2.33. The SMILES string of the molecule is CC(C)NC(=O)CN1CC(C(=O)Nc2cncc3cc(S(C)(=O)=O)ccc23)c2cc(Cl)ccc2C1=O. The van der Waals surface area contributed by atoms with Crippen molar-refractivity contribution >= 4 is 55.6 Å². The lowest BCUT2D eigenvalue weighted by atomic mass is 9.88. The molecule has 2 N–H and O–H groups in total. The van der Waals surface area contributed by atoms with Gasteiger partial charge < -0.3 is 15.5 Å². The highest BCUT2D eigenvalue weighted by atomic mass is 35.5. The normalized spacial score (nSPS) is 15.6. The number of anilines is 1. The molecule has 1 atom stereocenters. The Morgan fingerprint density at radius 2 is 1.92 bits per heavy atom. The second kappa shape index (κ2) is 9.87. The number of nitrogens with zero attached hydrogens (tertiary/aromatic N) is 2. The summed E-state index contributed by atoms with van der Waals surface area (Å²) in [6, 6.07) is 9.20. The number of hydrogen-bond donors (Lipinski definition) is 2. The number of carbonyl (C=O) groups is 3.